The van der Waals surface area contributed by atoms with Crippen LogP contribution in [0.4, 0.5) is 13.2 Å². The number of ketones is 1. The van der Waals surface area contributed by atoms with Crippen LogP contribution in [0.25, 0.3) is 0 Å². The van der Waals surface area contributed by atoms with Gasteiger partial charge in [0, 0.05) is 17.5 Å². The van der Waals surface area contributed by atoms with E-state index >= 15 is 0 Å². The summed E-state index contributed by atoms with van der Waals surface area (Å²) in [4.78, 5) is 11.6. The number of rotatable bonds is 3. The van der Waals surface area contributed by atoms with Crippen molar-refractivity contribution >= 4 is 5.78 Å². The summed E-state index contributed by atoms with van der Waals surface area (Å²) < 4.78 is 49.0. The summed E-state index contributed by atoms with van der Waals surface area (Å²) in [5.41, 5.74) is -0.721. The first-order valence-electron chi connectivity index (χ1n) is 5.91. The van der Waals surface area contributed by atoms with Crippen LogP contribution in [-0.4, -0.2) is 19.0 Å². The minimum atomic E-state index is -4.50. The lowest BCUT2D eigenvalue weighted by atomic mass is 10.00. The first-order chi connectivity index (χ1) is 8.93. The highest BCUT2D eigenvalue weighted by Crippen LogP contribution is 2.37. The third-order valence-corrected chi connectivity index (χ3v) is 2.88. The third kappa shape index (κ3) is 2.96. The fraction of sp³-hybridized carbons (Fsp3) is 0.462. The SMILES string of the molecule is CCC(=O)c1ccc(C(F)(F)F)c(C2OCCO2)c1. The van der Waals surface area contributed by atoms with Gasteiger partial charge in [0.1, 0.15) is 0 Å². The molecule has 0 spiro atoms. The van der Waals surface area contributed by atoms with E-state index in [2.05, 4.69) is 0 Å². The normalized spacial score (nSPS) is 16.8. The van der Waals surface area contributed by atoms with Gasteiger partial charge in [-0.25, -0.2) is 0 Å². The number of hydrogen-bond acceptors (Lipinski definition) is 3. The zero-order valence-corrected chi connectivity index (χ0v) is 10.3. The smallest absolute Gasteiger partial charge is 0.346 e. The van der Waals surface area contributed by atoms with Gasteiger partial charge in [-0.05, 0) is 12.1 Å². The molecule has 0 aliphatic carbocycles. The van der Waals surface area contributed by atoms with Gasteiger partial charge in [0.05, 0.1) is 18.8 Å². The van der Waals surface area contributed by atoms with Gasteiger partial charge in [-0.1, -0.05) is 13.0 Å². The van der Waals surface area contributed by atoms with Crippen molar-refractivity contribution in [3.63, 3.8) is 0 Å². The van der Waals surface area contributed by atoms with E-state index in [-0.39, 0.29) is 36.5 Å². The number of hydrogen-bond donors (Lipinski definition) is 0. The molecule has 1 fully saturated rings. The summed E-state index contributed by atoms with van der Waals surface area (Å²) in [6.45, 7) is 2.14. The Bertz CT molecular complexity index is 477. The molecular weight excluding hydrogens is 261 g/mol. The Morgan fingerprint density at radius 2 is 1.95 bits per heavy atom. The van der Waals surface area contributed by atoms with Crippen molar-refractivity contribution in [3.8, 4) is 0 Å². The molecule has 2 rings (SSSR count). The standard InChI is InChI=1S/C13H13F3O3/c1-2-11(17)8-3-4-10(13(14,15)16)9(7-8)12-18-5-6-19-12/h3-4,7,12H,2,5-6H2,1H3. The number of halogens is 3. The van der Waals surface area contributed by atoms with Gasteiger partial charge >= 0.3 is 6.18 Å². The quantitative estimate of drug-likeness (QED) is 0.793. The molecular formula is C13H13F3O3. The fourth-order valence-corrected chi connectivity index (χ4v) is 1.93. The van der Waals surface area contributed by atoms with Gasteiger partial charge in [0.25, 0.3) is 0 Å². The van der Waals surface area contributed by atoms with E-state index in [1.165, 1.54) is 12.1 Å². The van der Waals surface area contributed by atoms with Crippen LogP contribution in [-0.2, 0) is 15.7 Å². The molecule has 3 nitrogen and oxygen atoms in total. The van der Waals surface area contributed by atoms with Crippen LogP contribution in [0.1, 0.15) is 41.1 Å². The average molecular weight is 274 g/mol. The van der Waals surface area contributed by atoms with Gasteiger partial charge in [-0.3, -0.25) is 4.79 Å². The van der Waals surface area contributed by atoms with Crippen molar-refractivity contribution in [1.29, 1.82) is 0 Å². The van der Waals surface area contributed by atoms with E-state index in [1.54, 1.807) is 6.92 Å². The predicted octanol–water partition coefficient (Wildman–Crippen LogP) is 3.34. The van der Waals surface area contributed by atoms with Crippen LogP contribution >= 0.6 is 0 Å². The van der Waals surface area contributed by atoms with Crippen LogP contribution in [0.3, 0.4) is 0 Å². The van der Waals surface area contributed by atoms with E-state index in [1.807, 2.05) is 0 Å². The molecule has 0 amide bonds. The highest BCUT2D eigenvalue weighted by Gasteiger charge is 2.37. The van der Waals surface area contributed by atoms with E-state index in [4.69, 9.17) is 9.47 Å². The molecule has 0 N–H and O–H groups in total. The lowest BCUT2D eigenvalue weighted by molar-refractivity contribution is -0.142. The Kier molecular flexibility index (Phi) is 3.91. The zero-order valence-electron chi connectivity index (χ0n) is 10.3. The minimum Gasteiger partial charge on any atom is -0.346 e. The molecule has 0 saturated carbocycles. The monoisotopic (exact) mass is 274 g/mol. The van der Waals surface area contributed by atoms with Crippen LogP contribution in [0.5, 0.6) is 0 Å². The Morgan fingerprint density at radius 3 is 2.47 bits per heavy atom. The molecule has 0 atom stereocenters. The maximum absolute atomic E-state index is 12.9. The summed E-state index contributed by atoms with van der Waals surface area (Å²) in [7, 11) is 0. The maximum Gasteiger partial charge on any atom is 0.416 e. The van der Waals surface area contributed by atoms with Crippen molar-refractivity contribution in [2.24, 2.45) is 0 Å². The van der Waals surface area contributed by atoms with Crippen molar-refractivity contribution in [2.75, 3.05) is 13.2 Å². The summed E-state index contributed by atoms with van der Waals surface area (Å²) in [5, 5.41) is 0. The molecule has 6 heteroatoms. The first-order valence-corrected chi connectivity index (χ1v) is 5.91. The fourth-order valence-electron chi connectivity index (χ4n) is 1.93. The largest absolute Gasteiger partial charge is 0.416 e. The van der Waals surface area contributed by atoms with Crippen molar-refractivity contribution in [2.45, 2.75) is 25.8 Å². The zero-order chi connectivity index (χ0) is 14.0. The summed E-state index contributed by atoms with van der Waals surface area (Å²) >= 11 is 0. The van der Waals surface area contributed by atoms with Gasteiger partial charge in [0.2, 0.25) is 0 Å². The second-order valence-corrected chi connectivity index (χ2v) is 4.15. The van der Waals surface area contributed by atoms with Crippen molar-refractivity contribution < 1.29 is 27.4 Å². The summed E-state index contributed by atoms with van der Waals surface area (Å²) in [6.07, 6.45) is -5.32. The topological polar surface area (TPSA) is 35.5 Å². The first kappa shape index (κ1) is 14.0. The molecule has 0 bridgehead atoms. The lowest BCUT2D eigenvalue weighted by Gasteiger charge is -2.17. The highest BCUT2D eigenvalue weighted by atomic mass is 19.4. The molecule has 1 saturated heterocycles. The molecule has 1 aliphatic heterocycles. The van der Waals surface area contributed by atoms with Crippen LogP contribution in [0.15, 0.2) is 18.2 Å². The number of alkyl halides is 3. The molecule has 19 heavy (non-hydrogen) atoms. The van der Waals surface area contributed by atoms with Crippen LogP contribution < -0.4 is 0 Å². The number of Topliss-reactive ketones (excluding diaryl/α,β-unsaturated/α-hetero) is 1. The number of carbonyl (C=O) groups is 1. The molecule has 0 aromatic heterocycles. The molecule has 1 aliphatic rings. The Balaban J connectivity index is 2.47. The Labute approximate surface area is 108 Å². The van der Waals surface area contributed by atoms with E-state index in [0.717, 1.165) is 6.07 Å². The number of carbonyl (C=O) groups excluding carboxylic acids is 1. The van der Waals surface area contributed by atoms with Crippen LogP contribution in [0.2, 0.25) is 0 Å². The molecule has 1 aromatic carbocycles. The second-order valence-electron chi connectivity index (χ2n) is 4.15. The summed E-state index contributed by atoms with van der Waals surface area (Å²) in [5.74, 6) is -0.215. The van der Waals surface area contributed by atoms with Crippen molar-refractivity contribution in [1.82, 2.24) is 0 Å². The molecule has 1 aromatic rings. The molecule has 1 heterocycles. The van der Waals surface area contributed by atoms with E-state index in [0.29, 0.717) is 0 Å². The third-order valence-electron chi connectivity index (χ3n) is 2.88. The van der Waals surface area contributed by atoms with Gasteiger partial charge in [0.15, 0.2) is 12.1 Å². The van der Waals surface area contributed by atoms with Crippen molar-refractivity contribution in [3.05, 3.63) is 34.9 Å². The van der Waals surface area contributed by atoms with Gasteiger partial charge in [-0.2, -0.15) is 13.2 Å². The Morgan fingerprint density at radius 1 is 1.32 bits per heavy atom. The lowest BCUT2D eigenvalue weighted by Crippen LogP contribution is -2.14. The van der Waals surface area contributed by atoms with Crippen LogP contribution in [0, 0.1) is 0 Å². The molecule has 0 radical (unpaired) electrons. The van der Waals surface area contributed by atoms with E-state index < -0.39 is 18.0 Å². The molecule has 104 valence electrons. The van der Waals surface area contributed by atoms with E-state index in [9.17, 15) is 18.0 Å². The average Bonchev–Trinajstić information content (AvgIpc) is 2.89. The Hall–Kier alpha value is -1.40. The summed E-state index contributed by atoms with van der Waals surface area (Å²) in [6, 6.07) is 3.31. The van der Waals surface area contributed by atoms with Gasteiger partial charge < -0.3 is 9.47 Å². The second kappa shape index (κ2) is 5.30. The molecule has 0 unspecified atom stereocenters. The number of ether oxygens (including phenoxy) is 2. The minimum absolute atomic E-state index is 0.135. The maximum atomic E-state index is 12.9. The van der Waals surface area contributed by atoms with Gasteiger partial charge in [-0.15, -0.1) is 0 Å². The predicted molar refractivity (Wildman–Crippen MR) is 60.7 cm³/mol. The number of benzene rings is 1. The highest BCUT2D eigenvalue weighted by molar-refractivity contribution is 5.96.